The summed E-state index contributed by atoms with van der Waals surface area (Å²) in [5.74, 6) is 0.127. The molecule has 1 aromatic carbocycles. The summed E-state index contributed by atoms with van der Waals surface area (Å²) in [6.45, 7) is 7.10. The van der Waals surface area contributed by atoms with E-state index in [2.05, 4.69) is 0 Å². The van der Waals surface area contributed by atoms with Crippen LogP contribution in [0.2, 0.25) is 0 Å². The molecule has 0 saturated heterocycles. The zero-order valence-electron chi connectivity index (χ0n) is 12.8. The summed E-state index contributed by atoms with van der Waals surface area (Å²) < 4.78 is 11.2. The van der Waals surface area contributed by atoms with Crippen molar-refractivity contribution in [3.63, 3.8) is 0 Å². The normalized spacial score (nSPS) is 12.6. The fourth-order valence-corrected chi connectivity index (χ4v) is 2.31. The number of Topliss-reactive ketones (excluding diaryl/α,β-unsaturated/α-hetero) is 1. The Hall–Kier alpha value is -1.19. The van der Waals surface area contributed by atoms with Gasteiger partial charge in [0.15, 0.2) is 6.29 Å². The molecule has 1 aromatic rings. The molecule has 3 nitrogen and oxygen atoms in total. The van der Waals surface area contributed by atoms with E-state index in [-0.39, 0.29) is 18.0 Å². The van der Waals surface area contributed by atoms with Gasteiger partial charge in [-0.05, 0) is 25.8 Å². The van der Waals surface area contributed by atoms with Gasteiger partial charge in [0.2, 0.25) is 0 Å². The average Bonchev–Trinajstić information content (AvgIpc) is 2.46. The molecule has 0 aliphatic carbocycles. The molecule has 0 spiro atoms. The molecule has 0 radical (unpaired) electrons. The molecule has 0 aromatic heterocycles. The van der Waals surface area contributed by atoms with Crippen molar-refractivity contribution in [3.05, 3.63) is 35.9 Å². The van der Waals surface area contributed by atoms with Gasteiger partial charge in [-0.25, -0.2) is 0 Å². The van der Waals surface area contributed by atoms with Gasteiger partial charge in [0.1, 0.15) is 5.78 Å². The standard InChI is InChI=1S/C17H26O3/c1-4-10-16(18)15(14-11-8-7-9-12-14)13-17(19-5-2)20-6-3/h7-9,11-12,15,17H,4-6,10,13H2,1-3H3. The number of ether oxygens (including phenoxy) is 2. The lowest BCUT2D eigenvalue weighted by Crippen LogP contribution is -2.24. The van der Waals surface area contributed by atoms with Gasteiger partial charge >= 0.3 is 0 Å². The van der Waals surface area contributed by atoms with Gasteiger partial charge in [0.25, 0.3) is 0 Å². The Morgan fingerprint density at radius 2 is 1.65 bits per heavy atom. The van der Waals surface area contributed by atoms with Crippen LogP contribution in [0.1, 0.15) is 51.5 Å². The summed E-state index contributed by atoms with van der Waals surface area (Å²) in [6.07, 6.45) is 1.75. The van der Waals surface area contributed by atoms with Gasteiger partial charge in [-0.1, -0.05) is 37.3 Å². The molecule has 0 aliphatic heterocycles. The van der Waals surface area contributed by atoms with Gasteiger partial charge in [-0.15, -0.1) is 0 Å². The van der Waals surface area contributed by atoms with E-state index in [1.807, 2.05) is 51.1 Å². The monoisotopic (exact) mass is 278 g/mol. The fraction of sp³-hybridized carbons (Fsp3) is 0.588. The summed E-state index contributed by atoms with van der Waals surface area (Å²) in [4.78, 5) is 12.4. The number of hydrogen-bond donors (Lipinski definition) is 0. The molecule has 0 amide bonds. The molecular formula is C17H26O3. The second-order valence-electron chi connectivity index (χ2n) is 4.76. The smallest absolute Gasteiger partial charge is 0.158 e. The van der Waals surface area contributed by atoms with Crippen molar-refractivity contribution >= 4 is 5.78 Å². The molecule has 1 rings (SSSR count). The summed E-state index contributed by atoms with van der Waals surface area (Å²) in [6, 6.07) is 9.92. The van der Waals surface area contributed by atoms with E-state index in [1.54, 1.807) is 0 Å². The van der Waals surface area contributed by atoms with Crippen molar-refractivity contribution in [1.29, 1.82) is 0 Å². The molecule has 1 atom stereocenters. The Morgan fingerprint density at radius 1 is 1.05 bits per heavy atom. The van der Waals surface area contributed by atoms with Gasteiger partial charge < -0.3 is 9.47 Å². The minimum absolute atomic E-state index is 0.140. The Labute approximate surface area is 122 Å². The maximum Gasteiger partial charge on any atom is 0.158 e. The molecule has 20 heavy (non-hydrogen) atoms. The first-order valence-corrected chi connectivity index (χ1v) is 7.53. The molecule has 0 bridgehead atoms. The zero-order chi connectivity index (χ0) is 14.8. The van der Waals surface area contributed by atoms with Gasteiger partial charge in [-0.3, -0.25) is 4.79 Å². The van der Waals surface area contributed by atoms with Gasteiger partial charge in [-0.2, -0.15) is 0 Å². The van der Waals surface area contributed by atoms with Gasteiger partial charge in [0, 0.05) is 32.0 Å². The first-order chi connectivity index (χ1) is 9.72. The van der Waals surface area contributed by atoms with E-state index in [1.165, 1.54) is 0 Å². The fourth-order valence-electron chi connectivity index (χ4n) is 2.31. The Kier molecular flexibility index (Phi) is 8.16. The molecule has 0 fully saturated rings. The molecule has 3 heteroatoms. The summed E-state index contributed by atoms with van der Waals surface area (Å²) in [5, 5.41) is 0. The Bertz CT molecular complexity index is 369. The third-order valence-corrected chi connectivity index (χ3v) is 3.22. The van der Waals surface area contributed by atoms with Crippen LogP contribution in [0.3, 0.4) is 0 Å². The Balaban J connectivity index is 2.84. The van der Waals surface area contributed by atoms with E-state index < -0.39 is 0 Å². The van der Waals surface area contributed by atoms with Crippen LogP contribution >= 0.6 is 0 Å². The van der Waals surface area contributed by atoms with Crippen LogP contribution in [0.15, 0.2) is 30.3 Å². The predicted octanol–water partition coefficient (Wildman–Crippen LogP) is 3.93. The summed E-state index contributed by atoms with van der Waals surface area (Å²) in [5.41, 5.74) is 1.05. The topological polar surface area (TPSA) is 35.5 Å². The van der Waals surface area contributed by atoms with E-state index in [9.17, 15) is 4.79 Å². The lowest BCUT2D eigenvalue weighted by molar-refractivity contribution is -0.147. The highest BCUT2D eigenvalue weighted by Gasteiger charge is 2.24. The first kappa shape index (κ1) is 16.9. The van der Waals surface area contributed by atoms with Crippen LogP contribution in [0.5, 0.6) is 0 Å². The average molecular weight is 278 g/mol. The van der Waals surface area contributed by atoms with Crippen molar-refractivity contribution < 1.29 is 14.3 Å². The van der Waals surface area contributed by atoms with Crippen molar-refractivity contribution in [3.8, 4) is 0 Å². The third-order valence-electron chi connectivity index (χ3n) is 3.22. The maximum atomic E-state index is 12.4. The van der Waals surface area contributed by atoms with E-state index in [0.717, 1.165) is 12.0 Å². The summed E-state index contributed by atoms with van der Waals surface area (Å²) in [7, 11) is 0. The molecule has 0 heterocycles. The van der Waals surface area contributed by atoms with Crippen LogP contribution in [-0.2, 0) is 14.3 Å². The highest BCUT2D eigenvalue weighted by Crippen LogP contribution is 2.25. The quantitative estimate of drug-likeness (QED) is 0.608. The van der Waals surface area contributed by atoms with Crippen molar-refractivity contribution in [1.82, 2.24) is 0 Å². The molecule has 0 saturated carbocycles. The van der Waals surface area contributed by atoms with Crippen LogP contribution in [0.4, 0.5) is 0 Å². The van der Waals surface area contributed by atoms with Crippen LogP contribution in [0.25, 0.3) is 0 Å². The highest BCUT2D eigenvalue weighted by atomic mass is 16.7. The number of carbonyl (C=O) groups excluding carboxylic acids is 1. The lowest BCUT2D eigenvalue weighted by atomic mass is 9.89. The summed E-state index contributed by atoms with van der Waals surface area (Å²) >= 11 is 0. The largest absolute Gasteiger partial charge is 0.353 e. The second kappa shape index (κ2) is 9.67. The molecular weight excluding hydrogens is 252 g/mol. The van der Waals surface area contributed by atoms with E-state index >= 15 is 0 Å². The van der Waals surface area contributed by atoms with E-state index in [4.69, 9.17) is 9.47 Å². The molecule has 1 unspecified atom stereocenters. The van der Waals surface area contributed by atoms with Crippen molar-refractivity contribution in [2.24, 2.45) is 0 Å². The number of carbonyl (C=O) groups is 1. The van der Waals surface area contributed by atoms with Crippen LogP contribution < -0.4 is 0 Å². The molecule has 0 N–H and O–H groups in total. The number of hydrogen-bond acceptors (Lipinski definition) is 3. The van der Waals surface area contributed by atoms with Crippen molar-refractivity contribution in [2.45, 2.75) is 52.2 Å². The number of rotatable bonds is 10. The molecule has 0 aliphatic rings. The lowest BCUT2D eigenvalue weighted by Gasteiger charge is -2.23. The second-order valence-corrected chi connectivity index (χ2v) is 4.76. The van der Waals surface area contributed by atoms with Crippen molar-refractivity contribution in [2.75, 3.05) is 13.2 Å². The zero-order valence-corrected chi connectivity index (χ0v) is 12.8. The minimum atomic E-state index is -0.309. The third kappa shape index (κ3) is 5.43. The Morgan fingerprint density at radius 3 is 2.15 bits per heavy atom. The number of benzene rings is 1. The minimum Gasteiger partial charge on any atom is -0.353 e. The van der Waals surface area contributed by atoms with Crippen LogP contribution in [-0.4, -0.2) is 25.3 Å². The maximum absolute atomic E-state index is 12.4. The first-order valence-electron chi connectivity index (χ1n) is 7.53. The number of ketones is 1. The highest BCUT2D eigenvalue weighted by molar-refractivity contribution is 5.85. The van der Waals surface area contributed by atoms with Crippen LogP contribution in [0, 0.1) is 0 Å². The predicted molar refractivity (Wildman–Crippen MR) is 80.8 cm³/mol. The van der Waals surface area contributed by atoms with Gasteiger partial charge in [0.05, 0.1) is 0 Å². The molecule has 112 valence electrons. The van der Waals surface area contributed by atoms with E-state index in [0.29, 0.717) is 26.1 Å². The SMILES string of the molecule is CCCC(=O)C(CC(OCC)OCC)c1ccccc1.